The molecule has 0 bridgehead atoms. The van der Waals surface area contributed by atoms with Gasteiger partial charge >= 0.3 is 0 Å². The molecule has 3 rings (SSSR count). The lowest BCUT2D eigenvalue weighted by atomic mass is 10.1. The molecule has 0 saturated heterocycles. The maximum Gasteiger partial charge on any atom is 0.274 e. The number of pyridine rings is 1. The number of aryl methyl sites for hydroxylation is 1. The summed E-state index contributed by atoms with van der Waals surface area (Å²) in [4.78, 5) is 16.7. The highest BCUT2D eigenvalue weighted by molar-refractivity contribution is 6.05. The van der Waals surface area contributed by atoms with Crippen LogP contribution in [0.15, 0.2) is 42.7 Å². The van der Waals surface area contributed by atoms with E-state index in [1.54, 1.807) is 29.7 Å². The Hall–Kier alpha value is -3.06. The zero-order valence-corrected chi connectivity index (χ0v) is 12.9. The van der Waals surface area contributed by atoms with Crippen LogP contribution in [0.5, 0.6) is 0 Å². The lowest BCUT2D eigenvalue weighted by Crippen LogP contribution is -2.16. The molecule has 2 aromatic heterocycles. The summed E-state index contributed by atoms with van der Waals surface area (Å²) in [6.07, 6.45) is 3.18. The fourth-order valence-corrected chi connectivity index (χ4v) is 2.41. The van der Waals surface area contributed by atoms with Crippen molar-refractivity contribution in [3.63, 3.8) is 0 Å². The largest absolute Gasteiger partial charge is 0.390 e. The minimum absolute atomic E-state index is 0.0449. The first kappa shape index (κ1) is 15.8. The predicted molar refractivity (Wildman–Crippen MR) is 88.2 cm³/mol. The monoisotopic (exact) mass is 326 g/mol. The van der Waals surface area contributed by atoms with Gasteiger partial charge in [0.2, 0.25) is 0 Å². The summed E-state index contributed by atoms with van der Waals surface area (Å²) in [5, 5.41) is 19.3. The molecule has 0 radical (unpaired) electrons. The van der Waals surface area contributed by atoms with E-state index in [0.717, 1.165) is 0 Å². The number of rotatable bonds is 4. The molecule has 0 aliphatic carbocycles. The number of imidazole rings is 1. The van der Waals surface area contributed by atoms with Gasteiger partial charge < -0.3 is 15.8 Å². The van der Waals surface area contributed by atoms with E-state index in [2.05, 4.69) is 10.3 Å². The highest BCUT2D eigenvalue weighted by atomic mass is 19.1. The number of halogens is 1. The molecule has 0 saturated carbocycles. The van der Waals surface area contributed by atoms with Gasteiger partial charge in [0.15, 0.2) is 0 Å². The summed E-state index contributed by atoms with van der Waals surface area (Å²) in [5.74, 6) is -1.01. The molecular formula is C17H15FN4O2. The van der Waals surface area contributed by atoms with Gasteiger partial charge in [-0.15, -0.1) is 0 Å². The number of aliphatic hydroxyl groups excluding tert-OH is 1. The maximum absolute atomic E-state index is 13.9. The van der Waals surface area contributed by atoms with Crippen molar-refractivity contribution in [3.05, 3.63) is 65.4 Å². The van der Waals surface area contributed by atoms with Crippen molar-refractivity contribution in [3.8, 4) is 0 Å². The molecule has 0 atom stereocenters. The number of aromatic nitrogens is 2. The highest BCUT2D eigenvalue weighted by Gasteiger charge is 2.16. The van der Waals surface area contributed by atoms with E-state index in [1.807, 2.05) is 6.07 Å². The van der Waals surface area contributed by atoms with Crippen molar-refractivity contribution in [2.45, 2.75) is 6.92 Å². The Morgan fingerprint density at radius 1 is 1.42 bits per heavy atom. The van der Waals surface area contributed by atoms with E-state index in [4.69, 9.17) is 10.5 Å². The average molecular weight is 326 g/mol. The number of hydrogen-bond acceptors (Lipinski definition) is 4. The molecule has 0 fully saturated rings. The summed E-state index contributed by atoms with van der Waals surface area (Å²) < 4.78 is 15.6. The van der Waals surface area contributed by atoms with Crippen LogP contribution < -0.4 is 5.32 Å². The van der Waals surface area contributed by atoms with Crippen LogP contribution >= 0.6 is 0 Å². The van der Waals surface area contributed by atoms with Crippen molar-refractivity contribution < 1.29 is 14.3 Å². The summed E-state index contributed by atoms with van der Waals surface area (Å²) in [6, 6.07) is 7.96. The van der Waals surface area contributed by atoms with Crippen LogP contribution in [0.2, 0.25) is 0 Å². The first-order chi connectivity index (χ1) is 11.5. The van der Waals surface area contributed by atoms with Crippen LogP contribution in [0.25, 0.3) is 5.65 Å². The number of benzene rings is 1. The number of carbonyl (C=O) groups excluding carboxylic acids is 1. The molecule has 1 aromatic carbocycles. The zero-order valence-electron chi connectivity index (χ0n) is 12.9. The number of fused-ring (bicyclic) bond motifs is 1. The lowest BCUT2D eigenvalue weighted by Gasteiger charge is -2.12. The predicted octanol–water partition coefficient (Wildman–Crippen LogP) is 2.39. The third kappa shape index (κ3) is 2.77. The number of anilines is 1. The molecule has 3 aromatic rings. The molecule has 0 aliphatic rings. The zero-order chi connectivity index (χ0) is 17.3. The van der Waals surface area contributed by atoms with Crippen molar-refractivity contribution in [1.29, 1.82) is 5.41 Å². The van der Waals surface area contributed by atoms with Crippen molar-refractivity contribution in [1.82, 2.24) is 9.38 Å². The Morgan fingerprint density at radius 3 is 2.96 bits per heavy atom. The van der Waals surface area contributed by atoms with E-state index in [9.17, 15) is 9.18 Å². The minimum atomic E-state index is -0.612. The molecule has 0 unspecified atom stereocenters. The van der Waals surface area contributed by atoms with Crippen LogP contribution in [0.4, 0.5) is 10.1 Å². The van der Waals surface area contributed by atoms with Crippen LogP contribution in [-0.4, -0.2) is 32.7 Å². The van der Waals surface area contributed by atoms with Gasteiger partial charge in [0.1, 0.15) is 17.2 Å². The van der Waals surface area contributed by atoms with Crippen molar-refractivity contribution in [2.24, 2.45) is 0 Å². The van der Waals surface area contributed by atoms with Gasteiger partial charge in [-0.2, -0.15) is 0 Å². The second-order valence-corrected chi connectivity index (χ2v) is 5.31. The fraction of sp³-hybridized carbons (Fsp3) is 0.118. The Morgan fingerprint density at radius 2 is 2.21 bits per heavy atom. The third-order valence-corrected chi connectivity index (χ3v) is 3.70. The Kier molecular flexibility index (Phi) is 4.09. The summed E-state index contributed by atoms with van der Waals surface area (Å²) in [7, 11) is 0. The fourth-order valence-electron chi connectivity index (χ4n) is 2.41. The van der Waals surface area contributed by atoms with Gasteiger partial charge in [0, 0.05) is 17.4 Å². The second kappa shape index (κ2) is 6.21. The van der Waals surface area contributed by atoms with Crippen LogP contribution in [0.1, 0.15) is 21.6 Å². The second-order valence-electron chi connectivity index (χ2n) is 5.31. The topological polar surface area (TPSA) is 90.5 Å². The van der Waals surface area contributed by atoms with E-state index >= 15 is 0 Å². The van der Waals surface area contributed by atoms with Gasteiger partial charge in [-0.1, -0.05) is 6.07 Å². The molecule has 7 heteroatoms. The molecular weight excluding hydrogens is 311 g/mol. The molecule has 1 amide bonds. The normalized spacial score (nSPS) is 10.8. The van der Waals surface area contributed by atoms with E-state index in [-0.39, 0.29) is 11.3 Å². The van der Waals surface area contributed by atoms with Crippen LogP contribution in [-0.2, 0) is 0 Å². The van der Waals surface area contributed by atoms with Gasteiger partial charge in [-0.3, -0.25) is 9.20 Å². The summed E-state index contributed by atoms with van der Waals surface area (Å²) in [6.45, 7) is 1.07. The third-order valence-electron chi connectivity index (χ3n) is 3.70. The van der Waals surface area contributed by atoms with Gasteiger partial charge in [0.25, 0.3) is 5.91 Å². The number of carbonyl (C=O) groups is 1. The van der Waals surface area contributed by atoms with Crippen LogP contribution in [0, 0.1) is 18.2 Å². The summed E-state index contributed by atoms with van der Waals surface area (Å²) >= 11 is 0. The Balaban J connectivity index is 1.96. The van der Waals surface area contributed by atoms with Gasteiger partial charge in [0.05, 0.1) is 18.5 Å². The molecule has 6 nitrogen and oxygen atoms in total. The van der Waals surface area contributed by atoms with E-state index in [0.29, 0.717) is 22.6 Å². The van der Waals surface area contributed by atoms with Crippen molar-refractivity contribution >= 4 is 23.0 Å². The number of nitrogens with one attached hydrogen (secondary N) is 2. The molecule has 0 spiro atoms. The number of aliphatic hydroxyl groups is 1. The SMILES string of the molecule is Cc1cc(F)c(C(=N)CO)cc1NC(=O)c1cnc2ccccn12. The molecule has 0 aliphatic heterocycles. The first-order valence-corrected chi connectivity index (χ1v) is 7.23. The smallest absolute Gasteiger partial charge is 0.274 e. The lowest BCUT2D eigenvalue weighted by molar-refractivity contribution is 0.102. The number of amides is 1. The number of nitrogens with zero attached hydrogens (tertiary/aromatic N) is 2. The van der Waals surface area contributed by atoms with Crippen LogP contribution in [0.3, 0.4) is 0 Å². The van der Waals surface area contributed by atoms with E-state index < -0.39 is 18.3 Å². The maximum atomic E-state index is 13.9. The van der Waals surface area contributed by atoms with Crippen molar-refractivity contribution in [2.75, 3.05) is 11.9 Å². The average Bonchev–Trinajstić information content (AvgIpc) is 3.00. The number of hydrogen-bond donors (Lipinski definition) is 3. The Labute approximate surface area is 137 Å². The first-order valence-electron chi connectivity index (χ1n) is 7.23. The van der Waals surface area contributed by atoms with E-state index in [1.165, 1.54) is 18.3 Å². The van der Waals surface area contributed by atoms with Gasteiger partial charge in [-0.25, -0.2) is 9.37 Å². The summed E-state index contributed by atoms with van der Waals surface area (Å²) in [5.41, 5.74) is 1.58. The standard InChI is InChI=1S/C17H15FN4O2/c1-10-6-12(18)11(13(19)9-23)7-14(10)21-17(24)15-8-20-16-4-2-3-5-22(15)16/h2-8,19,23H,9H2,1H3,(H,21,24). The quantitative estimate of drug-likeness (QED) is 0.643. The minimum Gasteiger partial charge on any atom is -0.390 e. The van der Waals surface area contributed by atoms with Gasteiger partial charge in [-0.05, 0) is 36.8 Å². The molecule has 3 N–H and O–H groups in total. The molecule has 122 valence electrons. The molecule has 2 heterocycles. The Bertz CT molecular complexity index is 949. The highest BCUT2D eigenvalue weighted by Crippen LogP contribution is 2.21. The molecule has 24 heavy (non-hydrogen) atoms.